The predicted octanol–water partition coefficient (Wildman–Crippen LogP) is 3.45. The van der Waals surface area contributed by atoms with Crippen LogP contribution in [0.1, 0.15) is 46.8 Å². The molecule has 5 N–H and O–H groups in total. The van der Waals surface area contributed by atoms with Crippen LogP contribution in [0.3, 0.4) is 0 Å². The summed E-state index contributed by atoms with van der Waals surface area (Å²) in [5.41, 5.74) is 13.4. The minimum absolute atomic E-state index is 0.00456. The Morgan fingerprint density at radius 3 is 2.68 bits per heavy atom. The molecule has 0 spiro atoms. The molecule has 0 aliphatic heterocycles. The minimum Gasteiger partial charge on any atom is -0.392 e. The van der Waals surface area contributed by atoms with Gasteiger partial charge in [0.15, 0.2) is 5.78 Å². The summed E-state index contributed by atoms with van der Waals surface area (Å²) in [5.74, 6) is -1.78. The molecule has 162 valence electrons. The van der Waals surface area contributed by atoms with E-state index < -0.39 is 17.7 Å². The number of rotatable bonds is 5. The van der Waals surface area contributed by atoms with Crippen LogP contribution in [-0.2, 0) is 6.42 Å². The number of nitrogen functional groups attached to an aromatic ring is 1. The number of halogens is 2. The van der Waals surface area contributed by atoms with E-state index in [9.17, 15) is 18.7 Å². The molecule has 2 heterocycles. The van der Waals surface area contributed by atoms with Crippen LogP contribution in [0.25, 0.3) is 10.6 Å². The Morgan fingerprint density at radius 1 is 1.23 bits per heavy atom. The number of pyridine rings is 1. The van der Waals surface area contributed by atoms with Gasteiger partial charge >= 0.3 is 0 Å². The van der Waals surface area contributed by atoms with Crippen LogP contribution in [0.2, 0.25) is 0 Å². The van der Waals surface area contributed by atoms with Crippen LogP contribution in [0.5, 0.6) is 0 Å². The Balaban J connectivity index is 1.60. The zero-order chi connectivity index (χ0) is 22.1. The molecule has 4 rings (SSSR count). The molecule has 1 aromatic carbocycles. The highest BCUT2D eigenvalue weighted by atomic mass is 32.1. The summed E-state index contributed by atoms with van der Waals surface area (Å²) in [7, 11) is 0. The first-order valence-electron chi connectivity index (χ1n) is 9.95. The van der Waals surface area contributed by atoms with Gasteiger partial charge in [-0.05, 0) is 54.5 Å². The standard InChI is InChI=1S/C22H22F2N4O2S/c23-14-2-1-3-15(24)19(14)22-28-20(21(26)31-22)18(30)9-12-10-27-7-6-13(12)11-4-5-17(29)16(25)8-11/h1-3,6-7,10-11,16-17,29H,4-5,8-9,25-26H2/t11-,16-,17+/m1/s1. The summed E-state index contributed by atoms with van der Waals surface area (Å²) < 4.78 is 28.2. The molecule has 1 aliphatic rings. The number of benzene rings is 1. The molecule has 0 radical (unpaired) electrons. The smallest absolute Gasteiger partial charge is 0.188 e. The van der Waals surface area contributed by atoms with Crippen LogP contribution < -0.4 is 11.5 Å². The number of carbonyl (C=O) groups excluding carboxylic acids is 1. The number of thiazole rings is 1. The normalized spacial score (nSPS) is 21.2. The third-order valence-electron chi connectivity index (χ3n) is 5.69. The minimum atomic E-state index is -0.766. The summed E-state index contributed by atoms with van der Waals surface area (Å²) >= 11 is 0.873. The SMILES string of the molecule is Nc1sc(-c2c(F)cccc2F)nc1C(=O)Cc1cnccc1[C@@H]1CC[C@H](O)[C@H](N)C1. The number of carbonyl (C=O) groups is 1. The molecule has 1 saturated carbocycles. The average molecular weight is 445 g/mol. The molecule has 9 heteroatoms. The molecule has 0 unspecified atom stereocenters. The Morgan fingerprint density at radius 2 is 1.97 bits per heavy atom. The van der Waals surface area contributed by atoms with Crippen LogP contribution >= 0.6 is 11.3 Å². The lowest BCUT2D eigenvalue weighted by atomic mass is 9.78. The zero-order valence-electron chi connectivity index (χ0n) is 16.6. The van der Waals surface area contributed by atoms with Gasteiger partial charge in [0.05, 0.1) is 11.7 Å². The van der Waals surface area contributed by atoms with E-state index in [0.29, 0.717) is 12.8 Å². The fourth-order valence-electron chi connectivity index (χ4n) is 4.05. The molecule has 0 bridgehead atoms. The van der Waals surface area contributed by atoms with Crippen molar-refractivity contribution in [3.8, 4) is 10.6 Å². The van der Waals surface area contributed by atoms with Crippen molar-refractivity contribution in [2.45, 2.75) is 43.7 Å². The van der Waals surface area contributed by atoms with Gasteiger partial charge in [-0.3, -0.25) is 9.78 Å². The second kappa shape index (κ2) is 8.78. The van der Waals surface area contributed by atoms with E-state index in [1.165, 1.54) is 6.07 Å². The highest BCUT2D eigenvalue weighted by molar-refractivity contribution is 7.19. The molecule has 31 heavy (non-hydrogen) atoms. The third-order valence-corrected chi connectivity index (χ3v) is 6.59. The van der Waals surface area contributed by atoms with E-state index in [-0.39, 0.29) is 45.4 Å². The Kier molecular flexibility index (Phi) is 6.08. The summed E-state index contributed by atoms with van der Waals surface area (Å²) in [4.78, 5) is 21.3. The first-order chi connectivity index (χ1) is 14.8. The number of nitrogens with two attached hydrogens (primary N) is 2. The summed E-state index contributed by atoms with van der Waals surface area (Å²) in [6.45, 7) is 0. The van der Waals surface area contributed by atoms with Crippen molar-refractivity contribution in [1.29, 1.82) is 0 Å². The molecule has 3 atom stereocenters. The van der Waals surface area contributed by atoms with Crippen LogP contribution in [-0.4, -0.2) is 33.0 Å². The van der Waals surface area contributed by atoms with E-state index in [1.54, 1.807) is 12.4 Å². The van der Waals surface area contributed by atoms with Crippen LogP contribution in [0.4, 0.5) is 13.8 Å². The number of aliphatic hydroxyl groups is 1. The van der Waals surface area contributed by atoms with Crippen LogP contribution in [0.15, 0.2) is 36.7 Å². The van der Waals surface area contributed by atoms with Gasteiger partial charge in [0.25, 0.3) is 0 Å². The van der Waals surface area contributed by atoms with E-state index >= 15 is 0 Å². The molecule has 1 aliphatic carbocycles. The maximum absolute atomic E-state index is 14.1. The molecule has 0 saturated heterocycles. The van der Waals surface area contributed by atoms with E-state index in [1.807, 2.05) is 6.07 Å². The van der Waals surface area contributed by atoms with Gasteiger partial charge in [0.1, 0.15) is 27.3 Å². The van der Waals surface area contributed by atoms with Crippen molar-refractivity contribution in [3.63, 3.8) is 0 Å². The lowest BCUT2D eigenvalue weighted by molar-refractivity contribution is 0.0978. The number of aromatic nitrogens is 2. The highest BCUT2D eigenvalue weighted by Gasteiger charge is 2.29. The Labute approximate surface area is 182 Å². The molecule has 6 nitrogen and oxygen atoms in total. The van der Waals surface area contributed by atoms with Crippen molar-refractivity contribution in [2.75, 3.05) is 5.73 Å². The Hall–Kier alpha value is -2.75. The lowest BCUT2D eigenvalue weighted by Crippen LogP contribution is -2.39. The molecular formula is C22H22F2N4O2S. The van der Waals surface area contributed by atoms with E-state index in [0.717, 1.165) is 41.0 Å². The molecule has 3 aromatic rings. The molecular weight excluding hydrogens is 422 g/mol. The predicted molar refractivity (Wildman–Crippen MR) is 115 cm³/mol. The van der Waals surface area contributed by atoms with Crippen LogP contribution in [0, 0.1) is 11.6 Å². The lowest BCUT2D eigenvalue weighted by Gasteiger charge is -2.32. The van der Waals surface area contributed by atoms with Crippen molar-refractivity contribution in [1.82, 2.24) is 9.97 Å². The number of hydrogen-bond donors (Lipinski definition) is 3. The molecule has 1 fully saturated rings. The number of hydrogen-bond acceptors (Lipinski definition) is 7. The maximum Gasteiger partial charge on any atom is 0.188 e. The van der Waals surface area contributed by atoms with E-state index in [2.05, 4.69) is 9.97 Å². The van der Waals surface area contributed by atoms with Crippen molar-refractivity contribution < 1.29 is 18.7 Å². The summed E-state index contributed by atoms with van der Waals surface area (Å²) in [6.07, 6.45) is 4.75. The van der Waals surface area contributed by atoms with Gasteiger partial charge in [-0.2, -0.15) is 0 Å². The molecule has 0 amide bonds. The number of anilines is 1. The monoisotopic (exact) mass is 444 g/mol. The molecule has 2 aromatic heterocycles. The fourth-order valence-corrected chi connectivity index (χ4v) is 4.95. The van der Waals surface area contributed by atoms with Crippen molar-refractivity contribution in [2.24, 2.45) is 5.73 Å². The van der Waals surface area contributed by atoms with E-state index in [4.69, 9.17) is 11.5 Å². The second-order valence-corrected chi connectivity index (χ2v) is 8.77. The van der Waals surface area contributed by atoms with Crippen molar-refractivity contribution >= 4 is 22.1 Å². The van der Waals surface area contributed by atoms with Gasteiger partial charge in [-0.15, -0.1) is 0 Å². The number of nitrogens with zero attached hydrogens (tertiary/aromatic N) is 2. The first-order valence-corrected chi connectivity index (χ1v) is 10.8. The zero-order valence-corrected chi connectivity index (χ0v) is 17.4. The van der Waals surface area contributed by atoms with Gasteiger partial charge in [0, 0.05) is 24.9 Å². The Bertz CT molecular complexity index is 1100. The number of Topliss-reactive ketones (excluding diaryl/α,β-unsaturated/α-hetero) is 1. The van der Waals surface area contributed by atoms with Gasteiger partial charge in [-0.1, -0.05) is 17.4 Å². The van der Waals surface area contributed by atoms with Gasteiger partial charge in [-0.25, -0.2) is 13.8 Å². The van der Waals surface area contributed by atoms with Gasteiger partial charge in [0.2, 0.25) is 0 Å². The highest BCUT2D eigenvalue weighted by Crippen LogP contribution is 2.36. The summed E-state index contributed by atoms with van der Waals surface area (Å²) in [5, 5.41) is 10.0. The first kappa shape index (κ1) is 21.5. The largest absolute Gasteiger partial charge is 0.392 e. The number of ketones is 1. The van der Waals surface area contributed by atoms with Crippen molar-refractivity contribution in [3.05, 3.63) is 65.1 Å². The topological polar surface area (TPSA) is 115 Å². The van der Waals surface area contributed by atoms with Gasteiger partial charge < -0.3 is 16.6 Å². The number of aliphatic hydroxyl groups excluding tert-OH is 1. The second-order valence-electron chi connectivity index (χ2n) is 7.74. The fraction of sp³-hybridized carbons (Fsp3) is 0.318. The average Bonchev–Trinajstić information content (AvgIpc) is 3.11. The quantitative estimate of drug-likeness (QED) is 0.519. The third kappa shape index (κ3) is 4.34. The maximum atomic E-state index is 14.1. The summed E-state index contributed by atoms with van der Waals surface area (Å²) in [6, 6.07) is 5.07.